The number of aromatic nitrogens is 1. The number of ether oxygens (including phenoxy) is 1. The number of rotatable bonds is 5. The Kier molecular flexibility index (Phi) is 3.72. The van der Waals surface area contributed by atoms with Crippen LogP contribution in [0, 0.1) is 31.9 Å². The van der Waals surface area contributed by atoms with E-state index in [4.69, 9.17) is 22.3 Å². The molecule has 3 rings (SSSR count). The van der Waals surface area contributed by atoms with Crippen molar-refractivity contribution in [3.05, 3.63) is 81.2 Å². The zero-order valence-electron chi connectivity index (χ0n) is 22.5. The molecule has 1 N–H and O–H groups in total. The van der Waals surface area contributed by atoms with Crippen LogP contribution in [0.1, 0.15) is 22.1 Å². The smallest absolute Gasteiger partial charge is 0.266 e. The highest BCUT2D eigenvalue weighted by Crippen LogP contribution is 2.36. The van der Waals surface area contributed by atoms with Crippen molar-refractivity contribution in [3.8, 4) is 11.5 Å². The fourth-order valence-electron chi connectivity index (χ4n) is 2.20. The van der Waals surface area contributed by atoms with Gasteiger partial charge in [-0.05, 0) is 71.0 Å². The van der Waals surface area contributed by atoms with E-state index < -0.39 is 80.7 Å². The second kappa shape index (κ2) is 8.38. The van der Waals surface area contributed by atoms with Gasteiger partial charge in [0, 0.05) is 14.3 Å². The van der Waals surface area contributed by atoms with Crippen LogP contribution in [-0.4, -0.2) is 13.4 Å². The molecule has 0 aliphatic heterocycles. The lowest BCUT2D eigenvalue weighted by Crippen LogP contribution is -2.15. The van der Waals surface area contributed by atoms with E-state index in [1.54, 1.807) is 0 Å². The number of anilines is 1. The zero-order chi connectivity index (χ0) is 28.8. The molecule has 1 aromatic heterocycles. The fourth-order valence-corrected chi connectivity index (χ4v) is 3.87. The molecular weight excluding hydrogens is 480 g/mol. The Bertz CT molecular complexity index is 1530. The molecule has 30 heavy (non-hydrogen) atoms. The first-order valence-electron chi connectivity index (χ1n) is 11.7. The first kappa shape index (κ1) is 13.3. The second-order valence-electron chi connectivity index (χ2n) is 5.57. The quantitative estimate of drug-likeness (QED) is 0.442. The molecule has 0 unspecified atom stereocenters. The summed E-state index contributed by atoms with van der Waals surface area (Å²) in [5, 5.41) is 0. The van der Waals surface area contributed by atoms with Gasteiger partial charge in [0.1, 0.15) is 33.8 Å². The highest BCUT2D eigenvalue weighted by atomic mass is 79.9. The van der Waals surface area contributed by atoms with Crippen molar-refractivity contribution < 1.29 is 32.9 Å². The summed E-state index contributed by atoms with van der Waals surface area (Å²) in [4.78, 5) is 5.57. The Morgan fingerprint density at radius 1 is 1.27 bits per heavy atom. The maximum absolute atomic E-state index is 14.9. The monoisotopic (exact) mass is 501 g/mol. The average Bonchev–Trinajstić information content (AvgIpc) is 2.77. The summed E-state index contributed by atoms with van der Waals surface area (Å²) in [6.07, 6.45) is 0.734. The normalized spacial score (nSPS) is 15.8. The van der Waals surface area contributed by atoms with Gasteiger partial charge in [-0.1, -0.05) is 0 Å². The van der Waals surface area contributed by atoms with Crippen LogP contribution in [0.15, 0.2) is 51.9 Å². The van der Waals surface area contributed by atoms with Crippen LogP contribution < -0.4 is 9.46 Å². The summed E-state index contributed by atoms with van der Waals surface area (Å²) < 4.78 is 123. The number of hydrogen-bond acceptors (Lipinski definition) is 4. The molecule has 1 heterocycles. The molecule has 0 saturated heterocycles. The number of sulfonamides is 1. The van der Waals surface area contributed by atoms with Crippen LogP contribution >= 0.6 is 15.9 Å². The van der Waals surface area contributed by atoms with Crippen LogP contribution in [0.5, 0.6) is 11.5 Å². The molecule has 0 aliphatic carbocycles. The van der Waals surface area contributed by atoms with Gasteiger partial charge in [0.15, 0.2) is 5.69 Å². The number of nitrogens with zero attached hydrogens (tertiary/aromatic N) is 2. The molecule has 0 saturated carbocycles. The topological polar surface area (TPSA) is 72.7 Å². The Labute approximate surface area is 191 Å². The van der Waals surface area contributed by atoms with Gasteiger partial charge in [-0.25, -0.2) is 27.0 Å². The molecule has 0 fully saturated rings. The van der Waals surface area contributed by atoms with Gasteiger partial charge < -0.3 is 4.74 Å². The van der Waals surface area contributed by atoms with Gasteiger partial charge in [0.05, 0.1) is 20.0 Å². The van der Waals surface area contributed by atoms with Crippen molar-refractivity contribution >= 4 is 37.5 Å². The Balaban J connectivity index is 2.15. The van der Waals surface area contributed by atoms with Crippen molar-refractivity contribution in [2.24, 2.45) is 0 Å². The molecule has 3 aromatic rings. The third kappa shape index (κ3) is 4.58. The predicted molar refractivity (Wildman–Crippen MR) is 111 cm³/mol. The number of pyridine rings is 1. The van der Waals surface area contributed by atoms with Gasteiger partial charge in [-0.2, -0.15) is 0 Å². The number of hydrogen-bond donors (Lipinski definition) is 1. The maximum Gasteiger partial charge on any atom is 0.266 e. The first-order chi connectivity index (χ1) is 17.4. The van der Waals surface area contributed by atoms with Crippen molar-refractivity contribution in [2.75, 3.05) is 4.72 Å². The van der Waals surface area contributed by atoms with Crippen LogP contribution in [-0.2, 0) is 10.0 Å². The molecular formula is C20H14BrF2N3O3S. The Hall–Kier alpha value is -3.03. The summed E-state index contributed by atoms with van der Waals surface area (Å²) in [6.45, 7) is 0.981. The number of benzene rings is 2. The minimum absolute atomic E-state index is 0.245. The molecule has 0 radical (unpaired) electrons. The molecule has 0 bridgehead atoms. The van der Waals surface area contributed by atoms with E-state index in [1.165, 1.54) is 0 Å². The maximum atomic E-state index is 14.9. The summed E-state index contributed by atoms with van der Waals surface area (Å²) >= 11 is 2.98. The molecule has 154 valence electrons. The third-order valence-electron chi connectivity index (χ3n) is 3.52. The van der Waals surface area contributed by atoms with Crippen molar-refractivity contribution in [3.63, 3.8) is 0 Å². The van der Waals surface area contributed by atoms with Gasteiger partial charge >= 0.3 is 0 Å². The van der Waals surface area contributed by atoms with Gasteiger partial charge in [0.2, 0.25) is 0 Å². The minimum Gasteiger partial charge on any atom is -0.456 e. The van der Waals surface area contributed by atoms with Crippen LogP contribution in [0.2, 0.25) is 0 Å². The predicted octanol–water partition coefficient (Wildman–Crippen LogP) is 5.88. The highest BCUT2D eigenvalue weighted by molar-refractivity contribution is 9.10. The van der Waals surface area contributed by atoms with Crippen LogP contribution in [0.4, 0.5) is 20.3 Å². The second-order valence-corrected chi connectivity index (χ2v) is 8.08. The zero-order valence-corrected chi connectivity index (χ0v) is 17.0. The van der Waals surface area contributed by atoms with E-state index in [9.17, 15) is 17.2 Å². The molecule has 6 nitrogen and oxygen atoms in total. The number of halogens is 3. The van der Waals surface area contributed by atoms with Crippen LogP contribution in [0.3, 0.4) is 0 Å². The first-order valence-corrected chi connectivity index (χ1v) is 10.0. The standard InChI is InChI=1S/C20H14BrF2N3O3S/c1-11-6-14(7-12(2)20(11)24-3)29-17-9-16(23)18(8-15(17)21)30(27,28)26-19-5-4-13(22)10-25-19/h4-10H,1-2H3,(H,25,26)/i1D3,2D3,6D,7D. The lowest BCUT2D eigenvalue weighted by atomic mass is 10.1. The summed E-state index contributed by atoms with van der Waals surface area (Å²) in [7, 11) is -4.60. The van der Waals surface area contributed by atoms with E-state index in [0.717, 1.165) is 24.4 Å². The van der Waals surface area contributed by atoms with Gasteiger partial charge in [-0.15, -0.1) is 0 Å². The van der Waals surface area contributed by atoms with E-state index in [0.29, 0.717) is 6.07 Å². The molecule has 0 amide bonds. The van der Waals surface area contributed by atoms with Crippen molar-refractivity contribution in [1.29, 1.82) is 0 Å². The van der Waals surface area contributed by atoms with E-state index in [-0.39, 0.29) is 10.3 Å². The SMILES string of the molecule is [2H]c1c(Oc2cc(F)c(S(=O)(=O)Nc3ccc(F)cn3)cc2Br)c([2H])c(C([2H])([2H])[2H])c([N+]#[C-])c1C([2H])([2H])[2H]. The summed E-state index contributed by atoms with van der Waals surface area (Å²) in [5.41, 5.74) is -2.87. The fraction of sp³-hybridized carbons (Fsp3) is 0.100. The lowest BCUT2D eigenvalue weighted by molar-refractivity contribution is 0.469. The van der Waals surface area contributed by atoms with E-state index >= 15 is 0 Å². The van der Waals surface area contributed by atoms with E-state index in [1.807, 2.05) is 4.72 Å². The molecule has 10 heteroatoms. The number of nitrogens with one attached hydrogen (secondary N) is 1. The summed E-state index contributed by atoms with van der Waals surface area (Å²) in [5.74, 6) is -3.88. The van der Waals surface area contributed by atoms with Gasteiger partial charge in [-0.3, -0.25) is 4.72 Å². The largest absolute Gasteiger partial charge is 0.456 e. The Morgan fingerprint density at radius 2 is 1.97 bits per heavy atom. The average molecular weight is 502 g/mol. The lowest BCUT2D eigenvalue weighted by Gasteiger charge is -2.13. The highest BCUT2D eigenvalue weighted by Gasteiger charge is 2.23. The third-order valence-corrected chi connectivity index (χ3v) is 5.51. The molecule has 0 spiro atoms. The van der Waals surface area contributed by atoms with Crippen molar-refractivity contribution in [1.82, 2.24) is 4.98 Å². The molecule has 2 aromatic carbocycles. The van der Waals surface area contributed by atoms with E-state index in [2.05, 4.69) is 25.8 Å². The molecule has 0 aliphatic rings. The molecule has 0 atom stereocenters. The van der Waals surface area contributed by atoms with Crippen molar-refractivity contribution in [2.45, 2.75) is 18.6 Å². The Morgan fingerprint density at radius 3 is 2.53 bits per heavy atom. The van der Waals surface area contributed by atoms with Gasteiger partial charge in [0.25, 0.3) is 10.0 Å². The summed E-state index contributed by atoms with van der Waals surface area (Å²) in [6, 6.07) is 1.23. The minimum atomic E-state index is -4.60. The van der Waals surface area contributed by atoms with Crippen LogP contribution in [0.25, 0.3) is 4.85 Å².